The molecular weight excluding hydrogens is 470 g/mol. The van der Waals surface area contributed by atoms with E-state index in [-0.39, 0.29) is 34.5 Å². The summed E-state index contributed by atoms with van der Waals surface area (Å²) in [5.41, 5.74) is -0.820. The molecule has 170 valence electrons. The lowest BCUT2D eigenvalue weighted by atomic mass is 10.0. The molecule has 2 aromatic heterocycles. The van der Waals surface area contributed by atoms with E-state index in [0.29, 0.717) is 17.8 Å². The molecule has 11 heteroatoms. The summed E-state index contributed by atoms with van der Waals surface area (Å²) in [4.78, 5) is 29.0. The fraction of sp³-hybridized carbons (Fsp3) is 0.286. The Labute approximate surface area is 191 Å². The first kappa shape index (κ1) is 23.9. The molecule has 6 nitrogen and oxygen atoms in total. The summed E-state index contributed by atoms with van der Waals surface area (Å²) in [6.45, 7) is 3.67. The van der Waals surface area contributed by atoms with Gasteiger partial charge in [0.05, 0.1) is 35.2 Å². The molecule has 2 heterocycles. The van der Waals surface area contributed by atoms with Crippen LogP contribution in [0, 0.1) is 0 Å². The van der Waals surface area contributed by atoms with Crippen molar-refractivity contribution in [2.24, 2.45) is 0 Å². The van der Waals surface area contributed by atoms with E-state index < -0.39 is 23.3 Å². The van der Waals surface area contributed by atoms with Crippen LogP contribution in [0.25, 0.3) is 11.3 Å². The number of imidazole rings is 1. The molecule has 0 bridgehead atoms. The number of carbonyl (C=O) groups excluding carboxylic acids is 1. The van der Waals surface area contributed by atoms with E-state index in [1.54, 1.807) is 24.5 Å². The van der Waals surface area contributed by atoms with Gasteiger partial charge in [-0.2, -0.15) is 13.2 Å². The number of esters is 1. The smallest absolute Gasteiger partial charge is 0.434 e. The summed E-state index contributed by atoms with van der Waals surface area (Å²) in [5.74, 6) is -0.811. The molecule has 0 saturated carbocycles. The van der Waals surface area contributed by atoms with E-state index in [1.807, 2.05) is 0 Å². The summed E-state index contributed by atoms with van der Waals surface area (Å²) < 4.78 is 46.7. The summed E-state index contributed by atoms with van der Waals surface area (Å²) in [5, 5.41) is 0.497. The third-order valence-electron chi connectivity index (χ3n) is 4.65. The van der Waals surface area contributed by atoms with Crippen LogP contribution in [-0.4, -0.2) is 26.7 Å². The van der Waals surface area contributed by atoms with Crippen molar-refractivity contribution in [1.29, 1.82) is 0 Å². The van der Waals surface area contributed by atoms with E-state index in [9.17, 15) is 22.8 Å². The predicted molar refractivity (Wildman–Crippen MR) is 114 cm³/mol. The Morgan fingerprint density at radius 3 is 2.44 bits per heavy atom. The van der Waals surface area contributed by atoms with Crippen LogP contribution in [0.15, 0.2) is 41.6 Å². The second-order valence-corrected chi connectivity index (χ2v) is 7.56. The number of hydrogen-bond donors (Lipinski definition) is 0. The minimum atomic E-state index is -4.59. The van der Waals surface area contributed by atoms with Gasteiger partial charge in [0.2, 0.25) is 0 Å². The number of alkyl halides is 3. The molecule has 0 unspecified atom stereocenters. The van der Waals surface area contributed by atoms with E-state index in [4.69, 9.17) is 27.9 Å². The molecule has 0 aliphatic heterocycles. The molecule has 32 heavy (non-hydrogen) atoms. The lowest BCUT2D eigenvalue weighted by Crippen LogP contribution is -2.25. The highest BCUT2D eigenvalue weighted by Gasteiger charge is 2.33. The number of carbonyl (C=O) groups is 1. The minimum Gasteiger partial charge on any atom is -0.462 e. The molecule has 3 rings (SSSR count). The largest absolute Gasteiger partial charge is 0.462 e. The quantitative estimate of drug-likeness (QED) is 0.443. The molecule has 0 fully saturated rings. The van der Waals surface area contributed by atoms with Crippen molar-refractivity contribution in [3.8, 4) is 11.3 Å². The van der Waals surface area contributed by atoms with Crippen molar-refractivity contribution in [2.45, 2.75) is 33.1 Å². The van der Waals surface area contributed by atoms with E-state index in [0.717, 1.165) is 12.5 Å². The average molecular weight is 488 g/mol. The summed E-state index contributed by atoms with van der Waals surface area (Å²) in [7, 11) is 0. The number of ether oxygens (including phenoxy) is 1. The van der Waals surface area contributed by atoms with Crippen LogP contribution < -0.4 is 5.43 Å². The van der Waals surface area contributed by atoms with Crippen LogP contribution in [0.2, 0.25) is 10.0 Å². The Balaban J connectivity index is 2.23. The molecule has 0 radical (unpaired) electrons. The Morgan fingerprint density at radius 2 is 1.88 bits per heavy atom. The van der Waals surface area contributed by atoms with Crippen molar-refractivity contribution in [3.63, 3.8) is 0 Å². The number of pyridine rings is 1. The molecule has 0 amide bonds. The third-order valence-corrected chi connectivity index (χ3v) is 5.39. The van der Waals surface area contributed by atoms with Gasteiger partial charge in [0, 0.05) is 30.1 Å². The fourth-order valence-electron chi connectivity index (χ4n) is 3.31. The molecule has 0 aliphatic carbocycles. The maximum absolute atomic E-state index is 12.9. The molecule has 0 atom stereocenters. The average Bonchev–Trinajstić information content (AvgIpc) is 3.19. The van der Waals surface area contributed by atoms with Crippen LogP contribution in [0.3, 0.4) is 0 Å². The third kappa shape index (κ3) is 4.83. The first-order chi connectivity index (χ1) is 15.1. The van der Waals surface area contributed by atoms with Crippen molar-refractivity contribution in [1.82, 2.24) is 14.1 Å². The number of halogens is 5. The van der Waals surface area contributed by atoms with Crippen LogP contribution in [-0.2, 0) is 24.0 Å². The highest BCUT2D eigenvalue weighted by atomic mass is 35.5. The zero-order valence-electron chi connectivity index (χ0n) is 17.0. The zero-order valence-corrected chi connectivity index (χ0v) is 18.6. The van der Waals surface area contributed by atoms with Crippen LogP contribution in [0.1, 0.15) is 35.6 Å². The van der Waals surface area contributed by atoms with Gasteiger partial charge in [0.25, 0.3) is 0 Å². The van der Waals surface area contributed by atoms with Crippen LogP contribution in [0.4, 0.5) is 13.2 Å². The lowest BCUT2D eigenvalue weighted by molar-refractivity contribution is -0.140. The molecule has 3 aromatic rings. The summed E-state index contributed by atoms with van der Waals surface area (Å²) in [6, 6.07) is 5.84. The van der Waals surface area contributed by atoms with E-state index >= 15 is 0 Å². The number of benzene rings is 1. The maximum atomic E-state index is 12.9. The molecule has 1 aromatic carbocycles. The lowest BCUT2D eigenvalue weighted by Gasteiger charge is -2.21. The molecule has 0 saturated heterocycles. The van der Waals surface area contributed by atoms with Crippen LogP contribution >= 0.6 is 23.2 Å². The molecule has 0 N–H and O–H groups in total. The van der Waals surface area contributed by atoms with E-state index in [1.165, 1.54) is 22.8 Å². The predicted octanol–water partition coefficient (Wildman–Crippen LogP) is 5.28. The Morgan fingerprint density at radius 1 is 1.16 bits per heavy atom. The molecular formula is C21H18Cl2F3N3O3. The second-order valence-electron chi connectivity index (χ2n) is 6.75. The Hall–Kier alpha value is -2.78. The standard InChI is InChI=1S/C21H18Cl2F3N3O3/c1-3-29-13(9-28-10-17(27-11-28)21(24,25)26)8-16(30)18(20(31)32-4-2)19(29)12-5-6-14(22)15(23)7-12/h5-8,10-11H,3-4,9H2,1-2H3. The van der Waals surface area contributed by atoms with E-state index in [2.05, 4.69) is 4.98 Å². The monoisotopic (exact) mass is 487 g/mol. The van der Waals surface area contributed by atoms with Crippen molar-refractivity contribution < 1.29 is 22.7 Å². The van der Waals surface area contributed by atoms with Gasteiger partial charge in [-0.25, -0.2) is 9.78 Å². The van der Waals surface area contributed by atoms with Gasteiger partial charge in [0.1, 0.15) is 5.56 Å². The summed E-state index contributed by atoms with van der Waals surface area (Å²) in [6.07, 6.45) is -2.71. The summed E-state index contributed by atoms with van der Waals surface area (Å²) >= 11 is 12.2. The normalized spacial score (nSPS) is 11.6. The second kappa shape index (κ2) is 9.38. The topological polar surface area (TPSA) is 66.1 Å². The number of hydrogen-bond acceptors (Lipinski definition) is 4. The van der Waals surface area contributed by atoms with Crippen molar-refractivity contribution in [3.05, 3.63) is 74.0 Å². The first-order valence-corrected chi connectivity index (χ1v) is 10.3. The van der Waals surface area contributed by atoms with Gasteiger partial charge in [-0.15, -0.1) is 0 Å². The number of nitrogens with zero attached hydrogens (tertiary/aromatic N) is 3. The minimum absolute atomic E-state index is 0.0578. The maximum Gasteiger partial charge on any atom is 0.434 e. The Kier molecular flexibility index (Phi) is 7.00. The zero-order chi connectivity index (χ0) is 23.6. The van der Waals surface area contributed by atoms with Gasteiger partial charge >= 0.3 is 12.1 Å². The highest BCUT2D eigenvalue weighted by Crippen LogP contribution is 2.31. The Bertz CT molecular complexity index is 1220. The van der Waals surface area contributed by atoms with Gasteiger partial charge in [-0.05, 0) is 26.0 Å². The van der Waals surface area contributed by atoms with Gasteiger partial charge in [0.15, 0.2) is 11.1 Å². The molecule has 0 spiro atoms. The first-order valence-electron chi connectivity index (χ1n) is 9.55. The van der Waals surface area contributed by atoms with Crippen LogP contribution in [0.5, 0.6) is 0 Å². The molecule has 0 aliphatic rings. The van der Waals surface area contributed by atoms with Gasteiger partial charge in [-0.3, -0.25) is 4.79 Å². The SMILES string of the molecule is CCOC(=O)c1c(-c2ccc(Cl)c(Cl)c2)n(CC)c(Cn2cnc(C(F)(F)F)c2)cc1=O. The van der Waals surface area contributed by atoms with Crippen molar-refractivity contribution in [2.75, 3.05) is 6.61 Å². The van der Waals surface area contributed by atoms with Gasteiger partial charge < -0.3 is 13.9 Å². The van der Waals surface area contributed by atoms with Crippen molar-refractivity contribution >= 4 is 29.2 Å². The fourth-order valence-corrected chi connectivity index (χ4v) is 3.61. The number of aromatic nitrogens is 3. The highest BCUT2D eigenvalue weighted by molar-refractivity contribution is 6.42. The van der Waals surface area contributed by atoms with Gasteiger partial charge in [-0.1, -0.05) is 29.3 Å². The number of rotatable bonds is 6.